The topological polar surface area (TPSA) is 0 Å². The van der Waals surface area contributed by atoms with E-state index in [1.165, 1.54) is 0 Å². The first-order valence-electron chi connectivity index (χ1n) is 0. The molecule has 0 unspecified atom stereocenters. The average Bonchev–Trinajstić information content (AvgIpc) is 0. The molecule has 0 radical (unpaired) electrons. The van der Waals surface area contributed by atoms with E-state index < -0.39 is 0 Å². The van der Waals surface area contributed by atoms with Crippen molar-refractivity contribution in [2.45, 2.75) is 0 Å². The number of hydrogen-bond acceptors (Lipinski definition) is 0. The summed E-state index contributed by atoms with van der Waals surface area (Å²) in [4.78, 5) is 0. The van der Waals surface area contributed by atoms with Crippen LogP contribution >= 0.6 is 27.0 Å². The van der Waals surface area contributed by atoms with Crippen molar-refractivity contribution in [1.29, 1.82) is 0 Å². The Balaban J connectivity index is 0. The van der Waals surface area contributed by atoms with Crippen molar-refractivity contribution in [3.63, 3.8) is 0 Å². The van der Waals surface area contributed by atoms with Crippen molar-refractivity contribution in [2.75, 3.05) is 0 Å². The third-order valence-electron chi connectivity index (χ3n) is 0. The first-order chi connectivity index (χ1) is 0. The molecule has 0 atom stereocenters. The van der Waals surface area contributed by atoms with E-state index in [4.69, 9.17) is 0 Å². The monoisotopic (exact) mass is 84.0 g/mol. The van der Waals surface area contributed by atoms with Gasteiger partial charge in [-0.05, 0) is 0 Å². The molecular formula is H6Li2S2. The molecule has 0 bridgehead atoms. The van der Waals surface area contributed by atoms with E-state index in [-0.39, 0.29) is 64.7 Å². The zero-order chi connectivity index (χ0) is 0. The van der Waals surface area contributed by atoms with Crippen LogP contribution in [0.25, 0.3) is 0 Å². The fraction of sp³-hybridized carbons (Fsp3) is 0. The van der Waals surface area contributed by atoms with Gasteiger partial charge in [-0.1, -0.05) is 0 Å². The Kier molecular flexibility index (Phi) is 203. The molecular weight excluding hydrogens is 78.0 g/mol. The molecule has 0 nitrogen and oxygen atoms in total. The fourth-order valence-corrected chi connectivity index (χ4v) is 0. The molecule has 0 aromatic rings. The molecule has 0 rings (SSSR count). The Labute approximate surface area is 64.3 Å². The minimum absolute atomic E-state index is 0. The summed E-state index contributed by atoms with van der Waals surface area (Å²) in [6.07, 6.45) is 0. The van der Waals surface area contributed by atoms with Gasteiger partial charge in [0.1, 0.15) is 0 Å². The van der Waals surface area contributed by atoms with Crippen LogP contribution in [0.3, 0.4) is 0 Å². The van der Waals surface area contributed by atoms with Crippen LogP contribution in [0.2, 0.25) is 0 Å². The summed E-state index contributed by atoms with van der Waals surface area (Å²) < 4.78 is 0. The third kappa shape index (κ3) is 9.09. The normalized spacial score (nSPS) is 0. The van der Waals surface area contributed by atoms with Crippen LogP contribution in [0, 0.1) is 0 Å². The van der Waals surface area contributed by atoms with Crippen LogP contribution in [0.15, 0.2) is 0 Å². The van der Waals surface area contributed by atoms with Crippen LogP contribution in [0.1, 0.15) is 0 Å². The second-order valence-electron chi connectivity index (χ2n) is 0. The van der Waals surface area contributed by atoms with Crippen molar-refractivity contribution in [3.8, 4) is 0 Å². The van der Waals surface area contributed by atoms with Gasteiger partial charge in [0.15, 0.2) is 0 Å². The molecule has 0 spiro atoms. The van der Waals surface area contributed by atoms with Gasteiger partial charge in [-0.15, -0.1) is 0 Å². The van der Waals surface area contributed by atoms with Gasteiger partial charge in [0.25, 0.3) is 0 Å². The van der Waals surface area contributed by atoms with Crippen molar-refractivity contribution in [1.82, 2.24) is 0 Å². The molecule has 0 N–H and O–H groups in total. The summed E-state index contributed by atoms with van der Waals surface area (Å²) in [5.74, 6) is 0. The van der Waals surface area contributed by atoms with Gasteiger partial charge in [-0.25, -0.2) is 0 Å². The Bertz CT molecular complexity index is 4.00. The predicted molar refractivity (Wildman–Crippen MR) is 35.1 cm³/mol. The molecule has 0 saturated carbocycles. The Morgan fingerprint density at radius 3 is 0.500 bits per heavy atom. The van der Waals surface area contributed by atoms with Crippen molar-refractivity contribution >= 4 is 64.7 Å². The second-order valence-corrected chi connectivity index (χ2v) is 0. The molecule has 4 heavy (non-hydrogen) atoms. The van der Waals surface area contributed by atoms with Crippen molar-refractivity contribution < 1.29 is 0 Å². The van der Waals surface area contributed by atoms with Gasteiger partial charge in [-0.3, -0.25) is 0 Å². The molecule has 0 aromatic carbocycles. The molecule has 0 aliphatic heterocycles. The molecule has 0 saturated heterocycles. The zero-order valence-electron chi connectivity index (χ0n) is 1.00. The Morgan fingerprint density at radius 1 is 0.500 bits per heavy atom. The van der Waals surface area contributed by atoms with Gasteiger partial charge in [0.05, 0.1) is 0 Å². The summed E-state index contributed by atoms with van der Waals surface area (Å²) in [5.41, 5.74) is 0. The standard InChI is InChI=1S/2Li.2H2S.2H/h;;2*1H2;;. The maximum absolute atomic E-state index is 0. The van der Waals surface area contributed by atoms with E-state index in [1.54, 1.807) is 0 Å². The summed E-state index contributed by atoms with van der Waals surface area (Å²) in [6, 6.07) is 0. The van der Waals surface area contributed by atoms with Crippen LogP contribution in [0.5, 0.6) is 0 Å². The third-order valence-corrected chi connectivity index (χ3v) is 0. The average molecular weight is 84.1 g/mol. The summed E-state index contributed by atoms with van der Waals surface area (Å²) in [7, 11) is 0. The van der Waals surface area contributed by atoms with Gasteiger partial charge in [-0.2, -0.15) is 27.0 Å². The van der Waals surface area contributed by atoms with E-state index in [0.29, 0.717) is 0 Å². The Hall–Kier alpha value is 1.89. The quantitative estimate of drug-likeness (QED) is 0.328. The molecule has 4 heteroatoms. The number of hydrogen-bond donors (Lipinski definition) is 0. The Morgan fingerprint density at radius 2 is 0.500 bits per heavy atom. The molecule has 0 aliphatic carbocycles. The van der Waals surface area contributed by atoms with Crippen LogP contribution in [-0.4, -0.2) is 37.7 Å². The first kappa shape index (κ1) is 39.3. The van der Waals surface area contributed by atoms with E-state index in [0.717, 1.165) is 0 Å². The predicted octanol–water partition coefficient (Wildman–Crippen LogP) is -1.07. The maximum atomic E-state index is 0. The summed E-state index contributed by atoms with van der Waals surface area (Å²) in [5, 5.41) is 0. The van der Waals surface area contributed by atoms with E-state index in [2.05, 4.69) is 0 Å². The molecule has 0 aliphatic rings. The second kappa shape index (κ2) is 20.7. The molecule has 20 valence electrons. The minimum atomic E-state index is 0. The van der Waals surface area contributed by atoms with Crippen LogP contribution in [-0.2, 0) is 0 Å². The summed E-state index contributed by atoms with van der Waals surface area (Å²) in [6.45, 7) is 0. The van der Waals surface area contributed by atoms with Crippen molar-refractivity contribution in [2.24, 2.45) is 0 Å². The molecule has 0 amide bonds. The SMILES string of the molecule is S.S.[LiH].[LiH]. The summed E-state index contributed by atoms with van der Waals surface area (Å²) >= 11 is 0. The van der Waals surface area contributed by atoms with Crippen LogP contribution < -0.4 is 0 Å². The molecule has 0 aromatic heterocycles. The fourth-order valence-electron chi connectivity index (χ4n) is 0. The van der Waals surface area contributed by atoms with Crippen molar-refractivity contribution in [3.05, 3.63) is 0 Å². The van der Waals surface area contributed by atoms with Gasteiger partial charge in [0, 0.05) is 0 Å². The van der Waals surface area contributed by atoms with E-state index in [9.17, 15) is 0 Å². The van der Waals surface area contributed by atoms with Crippen LogP contribution in [0.4, 0.5) is 0 Å². The first-order valence-corrected chi connectivity index (χ1v) is 0. The van der Waals surface area contributed by atoms with Gasteiger partial charge in [0.2, 0.25) is 0 Å². The van der Waals surface area contributed by atoms with E-state index >= 15 is 0 Å². The van der Waals surface area contributed by atoms with Gasteiger partial charge < -0.3 is 0 Å². The number of rotatable bonds is 0. The zero-order valence-corrected chi connectivity index (χ0v) is 3.00. The molecule has 0 heterocycles. The van der Waals surface area contributed by atoms with Gasteiger partial charge >= 0.3 is 37.7 Å². The van der Waals surface area contributed by atoms with E-state index in [1.807, 2.05) is 0 Å². The molecule has 0 fully saturated rings.